The maximum absolute atomic E-state index is 13.5. The lowest BCUT2D eigenvalue weighted by Crippen LogP contribution is -2.34. The van der Waals surface area contributed by atoms with Crippen LogP contribution < -0.4 is 5.32 Å². The van der Waals surface area contributed by atoms with E-state index in [1.165, 1.54) is 29.5 Å². The minimum Gasteiger partial charge on any atom is -0.349 e. The molecular weight excluding hydrogens is 348 g/mol. The van der Waals surface area contributed by atoms with Crippen LogP contribution in [0.1, 0.15) is 22.2 Å². The van der Waals surface area contributed by atoms with Crippen LogP contribution in [0.3, 0.4) is 0 Å². The number of halogens is 3. The van der Waals surface area contributed by atoms with E-state index in [1.807, 2.05) is 0 Å². The Morgan fingerprint density at radius 2 is 2.00 bits per heavy atom. The Kier molecular flexibility index (Phi) is 4.88. The molecule has 1 amide bonds. The van der Waals surface area contributed by atoms with Crippen LogP contribution in [0.4, 0.5) is 8.78 Å². The van der Waals surface area contributed by atoms with Gasteiger partial charge in [0.15, 0.2) is 0 Å². The largest absolute Gasteiger partial charge is 0.349 e. The number of carbonyl (C=O) groups excluding carboxylic acids is 1. The van der Waals surface area contributed by atoms with Gasteiger partial charge >= 0.3 is 0 Å². The lowest BCUT2D eigenvalue weighted by molar-refractivity contribution is 0.0943. The number of amides is 1. The molecule has 2 nitrogen and oxygen atoms in total. The van der Waals surface area contributed by atoms with E-state index in [-0.39, 0.29) is 23.9 Å². The third-order valence-corrected chi connectivity index (χ3v) is 4.61. The second-order valence-electron chi connectivity index (χ2n) is 4.38. The van der Waals surface area contributed by atoms with Crippen LogP contribution in [0.15, 0.2) is 34.1 Å². The van der Waals surface area contributed by atoms with E-state index in [9.17, 15) is 13.6 Å². The van der Waals surface area contributed by atoms with Gasteiger partial charge in [0.1, 0.15) is 16.5 Å². The summed E-state index contributed by atoms with van der Waals surface area (Å²) in [6, 6.07) is 5.15. The van der Waals surface area contributed by atoms with Gasteiger partial charge in [-0.3, -0.25) is 4.79 Å². The fraction of sp³-hybridized carbons (Fsp3) is 0.214. The van der Waals surface area contributed by atoms with Gasteiger partial charge in [-0.25, -0.2) is 8.78 Å². The molecule has 0 saturated carbocycles. The molecule has 2 aromatic rings. The lowest BCUT2D eigenvalue weighted by atomic mass is 10.1. The Morgan fingerprint density at radius 1 is 1.35 bits per heavy atom. The zero-order valence-corrected chi connectivity index (χ0v) is 13.0. The normalized spacial score (nSPS) is 12.2. The standard InChI is InChI=1S/C14H12BrF2NOS/c1-8(7-9-11(16)3-2-4-12(9)17)18-14(19)13-10(15)5-6-20-13/h2-6,8H,7H2,1H3,(H,18,19). The molecule has 0 fully saturated rings. The van der Waals surface area contributed by atoms with Crippen molar-refractivity contribution in [3.63, 3.8) is 0 Å². The third kappa shape index (κ3) is 3.43. The van der Waals surface area contributed by atoms with Gasteiger partial charge in [0.05, 0.1) is 0 Å². The second-order valence-corrected chi connectivity index (χ2v) is 6.15. The van der Waals surface area contributed by atoms with Gasteiger partial charge < -0.3 is 5.32 Å². The Morgan fingerprint density at radius 3 is 2.55 bits per heavy atom. The number of hydrogen-bond donors (Lipinski definition) is 1. The summed E-state index contributed by atoms with van der Waals surface area (Å²) in [5, 5.41) is 4.53. The molecule has 0 aliphatic rings. The van der Waals surface area contributed by atoms with Gasteiger partial charge in [0.25, 0.3) is 5.91 Å². The monoisotopic (exact) mass is 359 g/mol. The molecule has 20 heavy (non-hydrogen) atoms. The number of thiophene rings is 1. The van der Waals surface area contributed by atoms with Gasteiger partial charge in [-0.2, -0.15) is 0 Å². The highest BCUT2D eigenvalue weighted by atomic mass is 79.9. The SMILES string of the molecule is CC(Cc1c(F)cccc1F)NC(=O)c1sccc1Br. The fourth-order valence-corrected chi connectivity index (χ4v) is 3.28. The van der Waals surface area contributed by atoms with E-state index in [4.69, 9.17) is 0 Å². The second kappa shape index (κ2) is 6.45. The van der Waals surface area contributed by atoms with Crippen LogP contribution in [0.2, 0.25) is 0 Å². The molecule has 0 saturated heterocycles. The van der Waals surface area contributed by atoms with Crippen LogP contribution in [-0.2, 0) is 6.42 Å². The average molecular weight is 360 g/mol. The quantitative estimate of drug-likeness (QED) is 0.872. The van der Waals surface area contributed by atoms with E-state index < -0.39 is 11.6 Å². The zero-order chi connectivity index (χ0) is 14.7. The van der Waals surface area contributed by atoms with Gasteiger partial charge in [-0.1, -0.05) is 6.07 Å². The van der Waals surface area contributed by atoms with Gasteiger partial charge in [0, 0.05) is 16.1 Å². The molecule has 1 N–H and O–H groups in total. The summed E-state index contributed by atoms with van der Waals surface area (Å²) >= 11 is 4.58. The molecule has 1 unspecified atom stereocenters. The minimum absolute atomic E-state index is 0.00875. The average Bonchev–Trinajstić information content (AvgIpc) is 2.80. The summed E-state index contributed by atoms with van der Waals surface area (Å²) in [6.07, 6.45) is 0.104. The number of benzene rings is 1. The maximum atomic E-state index is 13.5. The van der Waals surface area contributed by atoms with Crippen molar-refractivity contribution in [3.8, 4) is 0 Å². The van der Waals surface area contributed by atoms with Crippen molar-refractivity contribution < 1.29 is 13.6 Å². The smallest absolute Gasteiger partial charge is 0.262 e. The van der Waals surface area contributed by atoms with E-state index in [1.54, 1.807) is 18.4 Å². The molecule has 1 aromatic heterocycles. The highest BCUT2D eigenvalue weighted by molar-refractivity contribution is 9.10. The summed E-state index contributed by atoms with van der Waals surface area (Å²) in [5.74, 6) is -1.44. The lowest BCUT2D eigenvalue weighted by Gasteiger charge is -2.14. The van der Waals surface area contributed by atoms with E-state index in [0.29, 0.717) is 9.35 Å². The van der Waals surface area contributed by atoms with Gasteiger partial charge in [-0.05, 0) is 52.9 Å². The van der Waals surface area contributed by atoms with Gasteiger partial charge in [-0.15, -0.1) is 11.3 Å². The first-order chi connectivity index (χ1) is 9.49. The highest BCUT2D eigenvalue weighted by Gasteiger charge is 2.17. The summed E-state index contributed by atoms with van der Waals surface area (Å²) in [6.45, 7) is 1.71. The summed E-state index contributed by atoms with van der Waals surface area (Å²) in [5.41, 5.74) is -0.00875. The van der Waals surface area contributed by atoms with Crippen molar-refractivity contribution in [1.29, 1.82) is 0 Å². The van der Waals surface area contributed by atoms with Crippen molar-refractivity contribution in [1.82, 2.24) is 5.32 Å². The molecule has 0 aliphatic carbocycles. The fourth-order valence-electron chi connectivity index (χ4n) is 1.83. The van der Waals surface area contributed by atoms with E-state index >= 15 is 0 Å². The molecule has 2 rings (SSSR count). The molecule has 0 aliphatic heterocycles. The Bertz CT molecular complexity index is 609. The third-order valence-electron chi connectivity index (χ3n) is 2.77. The molecule has 1 aromatic carbocycles. The predicted octanol–water partition coefficient (Wildman–Crippen LogP) is 4.15. The summed E-state index contributed by atoms with van der Waals surface area (Å²) in [7, 11) is 0. The Balaban J connectivity index is 2.05. The molecular formula is C14H12BrF2NOS. The first-order valence-electron chi connectivity index (χ1n) is 5.95. The summed E-state index contributed by atoms with van der Waals surface area (Å²) in [4.78, 5) is 12.5. The minimum atomic E-state index is -0.594. The molecule has 1 atom stereocenters. The highest BCUT2D eigenvalue weighted by Crippen LogP contribution is 2.22. The van der Waals surface area contributed by atoms with Crippen LogP contribution in [0, 0.1) is 11.6 Å². The first-order valence-corrected chi connectivity index (χ1v) is 7.63. The molecule has 106 valence electrons. The van der Waals surface area contributed by atoms with E-state index in [2.05, 4.69) is 21.2 Å². The molecule has 0 spiro atoms. The molecule has 0 radical (unpaired) electrons. The zero-order valence-electron chi connectivity index (χ0n) is 10.6. The number of hydrogen-bond acceptors (Lipinski definition) is 2. The number of nitrogens with one attached hydrogen (secondary N) is 1. The van der Waals surface area contributed by atoms with Crippen molar-refractivity contribution in [2.45, 2.75) is 19.4 Å². The topological polar surface area (TPSA) is 29.1 Å². The van der Waals surface area contributed by atoms with Crippen molar-refractivity contribution in [3.05, 3.63) is 56.2 Å². The van der Waals surface area contributed by atoms with Crippen LogP contribution in [-0.4, -0.2) is 11.9 Å². The van der Waals surface area contributed by atoms with Crippen LogP contribution in [0.25, 0.3) is 0 Å². The van der Waals surface area contributed by atoms with Crippen LogP contribution in [0.5, 0.6) is 0 Å². The van der Waals surface area contributed by atoms with Crippen molar-refractivity contribution in [2.24, 2.45) is 0 Å². The van der Waals surface area contributed by atoms with Gasteiger partial charge in [0.2, 0.25) is 0 Å². The van der Waals surface area contributed by atoms with E-state index in [0.717, 1.165) is 0 Å². The van der Waals surface area contributed by atoms with Crippen molar-refractivity contribution >= 4 is 33.2 Å². The first kappa shape index (κ1) is 15.1. The number of carbonyl (C=O) groups is 1. The number of rotatable bonds is 4. The van der Waals surface area contributed by atoms with Crippen LogP contribution >= 0.6 is 27.3 Å². The Labute approximate surface area is 127 Å². The summed E-state index contributed by atoms with van der Waals surface area (Å²) < 4.78 is 27.8. The van der Waals surface area contributed by atoms with Crippen molar-refractivity contribution in [2.75, 3.05) is 0 Å². The molecule has 6 heteroatoms. The maximum Gasteiger partial charge on any atom is 0.262 e. The Hall–Kier alpha value is -1.27. The molecule has 1 heterocycles. The molecule has 0 bridgehead atoms. The predicted molar refractivity (Wildman–Crippen MR) is 79.0 cm³/mol.